The molecule has 0 radical (unpaired) electrons. The van der Waals surface area contributed by atoms with Gasteiger partial charge >= 0.3 is 24.1 Å². The van der Waals surface area contributed by atoms with Gasteiger partial charge in [-0.25, -0.2) is 9.59 Å². The van der Waals surface area contributed by atoms with Crippen molar-refractivity contribution >= 4 is 18.0 Å². The number of nitrogens with zero attached hydrogens (tertiary/aromatic N) is 2. The average Bonchev–Trinajstić information content (AvgIpc) is 2.28. The Labute approximate surface area is 111 Å². The molecule has 1 saturated heterocycles. The van der Waals surface area contributed by atoms with Gasteiger partial charge < -0.3 is 20.8 Å². The van der Waals surface area contributed by atoms with Crippen LogP contribution in [0.1, 0.15) is 0 Å². The molecule has 116 valence electrons. The van der Waals surface area contributed by atoms with Crippen molar-refractivity contribution in [3.8, 4) is 0 Å². The molecule has 0 spiro atoms. The molecule has 1 rings (SSSR count). The lowest BCUT2D eigenvalue weighted by Crippen LogP contribution is -2.51. The predicted molar refractivity (Wildman–Crippen MR) is 58.9 cm³/mol. The number of hydrogen-bond acceptors (Lipinski definition) is 4. The molecule has 8 nitrogen and oxygen atoms in total. The summed E-state index contributed by atoms with van der Waals surface area (Å²) in [5, 5.41) is 15.6. The minimum atomic E-state index is -5.08. The molecular weight excluding hydrogens is 287 g/mol. The first-order valence-corrected chi connectivity index (χ1v) is 5.32. The Kier molecular flexibility index (Phi) is 6.76. The molecule has 0 bridgehead atoms. The molecule has 1 aliphatic heterocycles. The van der Waals surface area contributed by atoms with Crippen LogP contribution in [0.15, 0.2) is 0 Å². The fourth-order valence-corrected chi connectivity index (χ4v) is 1.32. The molecule has 4 N–H and O–H groups in total. The highest BCUT2D eigenvalue weighted by Crippen LogP contribution is 2.13. The number of amides is 2. The van der Waals surface area contributed by atoms with E-state index in [0.717, 1.165) is 0 Å². The van der Waals surface area contributed by atoms with E-state index >= 15 is 0 Å². The fraction of sp³-hybridized carbons (Fsp3) is 0.667. The number of hydrogen-bond donors (Lipinski definition) is 3. The molecule has 0 aromatic carbocycles. The highest BCUT2D eigenvalue weighted by Gasteiger charge is 2.38. The van der Waals surface area contributed by atoms with E-state index in [9.17, 15) is 22.8 Å². The molecule has 1 heterocycles. The first-order chi connectivity index (χ1) is 9.04. The maximum absolute atomic E-state index is 10.7. The summed E-state index contributed by atoms with van der Waals surface area (Å²) in [6, 6.07) is -0.435. The van der Waals surface area contributed by atoms with Crippen molar-refractivity contribution in [3.63, 3.8) is 0 Å². The summed E-state index contributed by atoms with van der Waals surface area (Å²) in [6.07, 6.45) is -5.08. The molecule has 0 atom stereocenters. The molecule has 20 heavy (non-hydrogen) atoms. The van der Waals surface area contributed by atoms with Crippen molar-refractivity contribution in [1.82, 2.24) is 9.80 Å². The monoisotopic (exact) mass is 301 g/mol. The summed E-state index contributed by atoms with van der Waals surface area (Å²) in [6.45, 7) is 2.22. The van der Waals surface area contributed by atoms with Gasteiger partial charge in [0.15, 0.2) is 0 Å². The van der Waals surface area contributed by atoms with Crippen LogP contribution in [0.3, 0.4) is 0 Å². The summed E-state index contributed by atoms with van der Waals surface area (Å²) in [7, 11) is 0. The number of alkyl halides is 3. The number of aliphatic carboxylic acids is 2. The number of halogens is 3. The number of piperazine rings is 1. The summed E-state index contributed by atoms with van der Waals surface area (Å²) in [4.78, 5) is 33.2. The largest absolute Gasteiger partial charge is 0.490 e. The van der Waals surface area contributed by atoms with Gasteiger partial charge in [-0.2, -0.15) is 13.2 Å². The second kappa shape index (κ2) is 7.53. The van der Waals surface area contributed by atoms with Crippen LogP contribution in [0.5, 0.6) is 0 Å². The van der Waals surface area contributed by atoms with Crippen LogP contribution >= 0.6 is 0 Å². The third-order valence-electron chi connectivity index (χ3n) is 2.29. The van der Waals surface area contributed by atoms with Crippen molar-refractivity contribution in [2.24, 2.45) is 5.73 Å². The number of rotatable bonds is 2. The Morgan fingerprint density at radius 3 is 1.70 bits per heavy atom. The van der Waals surface area contributed by atoms with E-state index in [1.807, 2.05) is 0 Å². The van der Waals surface area contributed by atoms with E-state index < -0.39 is 24.1 Å². The van der Waals surface area contributed by atoms with Gasteiger partial charge in [0.1, 0.15) is 0 Å². The third-order valence-corrected chi connectivity index (χ3v) is 2.29. The van der Waals surface area contributed by atoms with E-state index in [4.69, 9.17) is 20.7 Å². The van der Waals surface area contributed by atoms with Crippen LogP contribution in [0.2, 0.25) is 0 Å². The van der Waals surface area contributed by atoms with Crippen molar-refractivity contribution in [2.75, 3.05) is 32.7 Å². The van der Waals surface area contributed by atoms with Gasteiger partial charge in [0, 0.05) is 26.2 Å². The van der Waals surface area contributed by atoms with Gasteiger partial charge in [-0.3, -0.25) is 9.69 Å². The lowest BCUT2D eigenvalue weighted by molar-refractivity contribution is -0.192. The van der Waals surface area contributed by atoms with E-state index in [1.165, 1.54) is 4.90 Å². The number of carboxylic acids is 2. The van der Waals surface area contributed by atoms with Crippen molar-refractivity contribution in [1.29, 1.82) is 0 Å². The van der Waals surface area contributed by atoms with E-state index in [-0.39, 0.29) is 6.54 Å². The van der Waals surface area contributed by atoms with Crippen LogP contribution in [-0.2, 0) is 9.59 Å². The summed E-state index contributed by atoms with van der Waals surface area (Å²) in [5.74, 6) is -3.60. The SMILES string of the molecule is NC(=O)N1CCN(CC(=O)O)CC1.O=C(O)C(F)(F)F. The van der Waals surface area contributed by atoms with E-state index in [1.54, 1.807) is 4.90 Å². The molecule has 2 amide bonds. The number of nitrogens with two attached hydrogens (primary N) is 1. The molecule has 0 unspecified atom stereocenters. The Hall–Kier alpha value is -2.04. The topological polar surface area (TPSA) is 124 Å². The first kappa shape index (κ1) is 18.0. The Balaban J connectivity index is 0.000000441. The Morgan fingerprint density at radius 1 is 1.05 bits per heavy atom. The molecule has 0 aliphatic carbocycles. The zero-order chi connectivity index (χ0) is 15.9. The number of carbonyl (C=O) groups is 3. The standard InChI is InChI=1S/C7H13N3O3.C2HF3O2/c8-7(13)10-3-1-9(2-4-10)5-6(11)12;3-2(4,5)1(6)7/h1-5H2,(H2,8,13)(H,11,12);(H,6,7). The molecule has 1 aliphatic rings. The average molecular weight is 301 g/mol. The molecular formula is C9H14F3N3O5. The number of primary amides is 1. The zero-order valence-electron chi connectivity index (χ0n) is 10.3. The summed E-state index contributed by atoms with van der Waals surface area (Å²) >= 11 is 0. The lowest BCUT2D eigenvalue weighted by Gasteiger charge is -2.32. The summed E-state index contributed by atoms with van der Waals surface area (Å²) < 4.78 is 31.7. The van der Waals surface area contributed by atoms with Crippen LogP contribution in [0, 0.1) is 0 Å². The maximum atomic E-state index is 10.7. The molecule has 1 fully saturated rings. The quantitative estimate of drug-likeness (QED) is 0.625. The number of carboxylic acid groups (broad SMARTS) is 2. The van der Waals surface area contributed by atoms with Crippen LogP contribution in [0.25, 0.3) is 0 Å². The van der Waals surface area contributed by atoms with Crippen LogP contribution in [-0.4, -0.2) is 76.9 Å². The van der Waals surface area contributed by atoms with Gasteiger partial charge in [0.25, 0.3) is 0 Å². The number of urea groups is 1. The second-order valence-electron chi connectivity index (χ2n) is 3.80. The Bertz CT molecular complexity index is 366. The van der Waals surface area contributed by atoms with Crippen molar-refractivity contribution in [2.45, 2.75) is 6.18 Å². The molecule has 0 aromatic rings. The highest BCUT2D eigenvalue weighted by molar-refractivity contribution is 5.73. The zero-order valence-corrected chi connectivity index (χ0v) is 10.3. The maximum Gasteiger partial charge on any atom is 0.490 e. The van der Waals surface area contributed by atoms with Crippen molar-refractivity contribution < 1.29 is 37.8 Å². The van der Waals surface area contributed by atoms with E-state index in [0.29, 0.717) is 26.2 Å². The van der Waals surface area contributed by atoms with Gasteiger partial charge in [-0.05, 0) is 0 Å². The molecule has 0 aromatic heterocycles. The van der Waals surface area contributed by atoms with Gasteiger partial charge in [0.05, 0.1) is 6.54 Å². The van der Waals surface area contributed by atoms with E-state index in [2.05, 4.69) is 0 Å². The minimum absolute atomic E-state index is 0.0343. The van der Waals surface area contributed by atoms with Crippen molar-refractivity contribution in [3.05, 3.63) is 0 Å². The van der Waals surface area contributed by atoms with Gasteiger partial charge in [-0.15, -0.1) is 0 Å². The Morgan fingerprint density at radius 2 is 1.45 bits per heavy atom. The lowest BCUT2D eigenvalue weighted by atomic mass is 10.3. The third kappa shape index (κ3) is 7.41. The van der Waals surface area contributed by atoms with Gasteiger partial charge in [0.2, 0.25) is 0 Å². The minimum Gasteiger partial charge on any atom is -0.480 e. The van der Waals surface area contributed by atoms with Gasteiger partial charge in [-0.1, -0.05) is 0 Å². The van der Waals surface area contributed by atoms with Crippen LogP contribution < -0.4 is 5.73 Å². The normalized spacial score (nSPS) is 16.1. The molecule has 0 saturated carbocycles. The fourth-order valence-electron chi connectivity index (χ4n) is 1.32. The number of carbonyl (C=O) groups excluding carboxylic acids is 1. The second-order valence-corrected chi connectivity index (χ2v) is 3.80. The highest BCUT2D eigenvalue weighted by atomic mass is 19.4. The summed E-state index contributed by atoms with van der Waals surface area (Å²) in [5.41, 5.74) is 5.07. The molecule has 11 heteroatoms. The smallest absolute Gasteiger partial charge is 0.480 e. The first-order valence-electron chi connectivity index (χ1n) is 5.32. The predicted octanol–water partition coefficient (Wildman–Crippen LogP) is -0.599. The van der Waals surface area contributed by atoms with Crippen LogP contribution in [0.4, 0.5) is 18.0 Å².